The molecule has 0 bridgehead atoms. The van der Waals surface area contributed by atoms with Gasteiger partial charge in [0.25, 0.3) is 0 Å². The van der Waals surface area contributed by atoms with Crippen LogP contribution in [0, 0.1) is 40.4 Å². The first kappa shape index (κ1) is 19.2. The molecule has 2 heteroatoms. The quantitative estimate of drug-likeness (QED) is 0.687. The van der Waals surface area contributed by atoms with Crippen LogP contribution >= 0.6 is 0 Å². The average molecular weight is 363 g/mol. The molecular formula is C24H42O2. The van der Waals surface area contributed by atoms with Crippen molar-refractivity contribution in [2.24, 2.45) is 40.4 Å². The van der Waals surface area contributed by atoms with Crippen molar-refractivity contribution >= 4 is 0 Å². The van der Waals surface area contributed by atoms with E-state index < -0.39 is 0 Å². The summed E-state index contributed by atoms with van der Waals surface area (Å²) in [7, 11) is 0. The fourth-order valence-electron chi connectivity index (χ4n) is 8.48. The molecule has 0 saturated heterocycles. The van der Waals surface area contributed by atoms with Crippen molar-refractivity contribution in [2.45, 2.75) is 110 Å². The normalized spacial score (nSPS) is 52.0. The van der Waals surface area contributed by atoms with Crippen molar-refractivity contribution in [3.8, 4) is 0 Å². The van der Waals surface area contributed by atoms with Crippen LogP contribution in [0.15, 0.2) is 0 Å². The zero-order chi connectivity index (χ0) is 18.5. The number of hydrogen-bond acceptors (Lipinski definition) is 2. The number of aliphatic hydroxyl groups is 2. The lowest BCUT2D eigenvalue weighted by atomic mass is 9.44. The van der Waals surface area contributed by atoms with Crippen LogP contribution in [0.4, 0.5) is 0 Å². The lowest BCUT2D eigenvalue weighted by Gasteiger charge is -2.61. The Morgan fingerprint density at radius 3 is 2.42 bits per heavy atom. The fraction of sp³-hybridized carbons (Fsp3) is 1.00. The largest absolute Gasteiger partial charge is 0.393 e. The Balaban J connectivity index is 1.47. The van der Waals surface area contributed by atoms with E-state index in [0.29, 0.717) is 10.8 Å². The van der Waals surface area contributed by atoms with Crippen molar-refractivity contribution in [1.29, 1.82) is 0 Å². The molecule has 4 aliphatic carbocycles. The summed E-state index contributed by atoms with van der Waals surface area (Å²) in [4.78, 5) is 0. The van der Waals surface area contributed by atoms with Crippen molar-refractivity contribution < 1.29 is 10.2 Å². The minimum absolute atomic E-state index is 0.0248. The molecule has 4 aliphatic rings. The standard InChI is InChI=1S/C24H42O2/c1-16(25)5-4-6-17-8-10-21-20-9-7-18-15-19(26)11-13-24(18,3)22(20)12-14-23(17,21)2/h16-22,25-26H,4-15H2,1-3H3. The van der Waals surface area contributed by atoms with Gasteiger partial charge in [0.15, 0.2) is 0 Å². The second-order valence-electron chi connectivity index (χ2n) is 11.2. The molecule has 0 aliphatic heterocycles. The van der Waals surface area contributed by atoms with Crippen LogP contribution in [-0.2, 0) is 0 Å². The maximum absolute atomic E-state index is 10.2. The molecule has 150 valence electrons. The molecule has 9 atom stereocenters. The summed E-state index contributed by atoms with van der Waals surface area (Å²) in [6.07, 6.45) is 15.3. The Hall–Kier alpha value is -0.0800. The highest BCUT2D eigenvalue weighted by atomic mass is 16.3. The van der Waals surface area contributed by atoms with E-state index in [9.17, 15) is 10.2 Å². The molecule has 26 heavy (non-hydrogen) atoms. The summed E-state index contributed by atoms with van der Waals surface area (Å²) in [5.74, 6) is 4.49. The predicted octanol–water partition coefficient (Wildman–Crippen LogP) is 5.56. The Morgan fingerprint density at radius 1 is 0.923 bits per heavy atom. The van der Waals surface area contributed by atoms with Gasteiger partial charge in [0.2, 0.25) is 0 Å². The van der Waals surface area contributed by atoms with Crippen molar-refractivity contribution in [3.63, 3.8) is 0 Å². The van der Waals surface area contributed by atoms with Gasteiger partial charge in [-0.3, -0.25) is 0 Å². The van der Waals surface area contributed by atoms with Gasteiger partial charge >= 0.3 is 0 Å². The summed E-state index contributed by atoms with van der Waals surface area (Å²) in [5.41, 5.74) is 1.07. The molecule has 4 rings (SSSR count). The summed E-state index contributed by atoms with van der Waals surface area (Å²) in [6.45, 7) is 7.16. The molecule has 4 fully saturated rings. The fourth-order valence-corrected chi connectivity index (χ4v) is 8.48. The van der Waals surface area contributed by atoms with Crippen LogP contribution in [0.2, 0.25) is 0 Å². The first-order valence-electron chi connectivity index (χ1n) is 11.7. The zero-order valence-corrected chi connectivity index (χ0v) is 17.4. The minimum atomic E-state index is -0.132. The van der Waals surface area contributed by atoms with Crippen LogP contribution in [0.3, 0.4) is 0 Å². The van der Waals surface area contributed by atoms with Gasteiger partial charge in [0.05, 0.1) is 12.2 Å². The lowest BCUT2D eigenvalue weighted by Crippen LogP contribution is -2.53. The lowest BCUT2D eigenvalue weighted by molar-refractivity contribution is -0.127. The minimum Gasteiger partial charge on any atom is -0.393 e. The van der Waals surface area contributed by atoms with Crippen molar-refractivity contribution in [3.05, 3.63) is 0 Å². The van der Waals surface area contributed by atoms with Gasteiger partial charge in [0, 0.05) is 0 Å². The Bertz CT molecular complexity index is 502. The molecule has 0 spiro atoms. The van der Waals surface area contributed by atoms with E-state index in [4.69, 9.17) is 0 Å². The summed E-state index contributed by atoms with van der Waals surface area (Å²) < 4.78 is 0. The van der Waals surface area contributed by atoms with Gasteiger partial charge in [-0.2, -0.15) is 0 Å². The Morgan fingerprint density at radius 2 is 1.65 bits per heavy atom. The molecule has 9 unspecified atom stereocenters. The van der Waals surface area contributed by atoms with E-state index in [-0.39, 0.29) is 12.2 Å². The molecule has 0 aromatic heterocycles. The summed E-state index contributed by atoms with van der Waals surface area (Å²) >= 11 is 0. The maximum Gasteiger partial charge on any atom is 0.0543 e. The average Bonchev–Trinajstić information content (AvgIpc) is 2.92. The van der Waals surface area contributed by atoms with Gasteiger partial charge in [-0.15, -0.1) is 0 Å². The molecule has 2 nitrogen and oxygen atoms in total. The third kappa shape index (κ3) is 3.08. The molecular weight excluding hydrogens is 320 g/mol. The van der Waals surface area contributed by atoms with Crippen LogP contribution in [0.25, 0.3) is 0 Å². The van der Waals surface area contributed by atoms with E-state index >= 15 is 0 Å². The Labute approximate surface area is 161 Å². The second kappa shape index (κ2) is 7.07. The summed E-state index contributed by atoms with van der Waals surface area (Å²) in [6, 6.07) is 0. The van der Waals surface area contributed by atoms with Gasteiger partial charge in [0.1, 0.15) is 0 Å². The smallest absolute Gasteiger partial charge is 0.0543 e. The molecule has 0 aromatic rings. The third-order valence-electron chi connectivity index (χ3n) is 10.0. The first-order chi connectivity index (χ1) is 12.3. The number of fused-ring (bicyclic) bond motifs is 5. The van der Waals surface area contributed by atoms with E-state index in [1.165, 1.54) is 57.8 Å². The Kier molecular flexibility index (Phi) is 5.23. The SMILES string of the molecule is CC(O)CCCC1CCC2C3CCC4CC(O)CCC4(C)C3CCC12C. The van der Waals surface area contributed by atoms with Gasteiger partial charge in [-0.1, -0.05) is 20.3 Å². The third-order valence-corrected chi connectivity index (χ3v) is 10.0. The highest BCUT2D eigenvalue weighted by molar-refractivity contribution is 5.09. The van der Waals surface area contributed by atoms with Crippen LogP contribution < -0.4 is 0 Å². The molecule has 0 amide bonds. The monoisotopic (exact) mass is 362 g/mol. The molecule has 0 radical (unpaired) electrons. The topological polar surface area (TPSA) is 40.5 Å². The van der Waals surface area contributed by atoms with Crippen molar-refractivity contribution in [2.75, 3.05) is 0 Å². The van der Waals surface area contributed by atoms with E-state index in [1.807, 2.05) is 6.92 Å². The van der Waals surface area contributed by atoms with Crippen molar-refractivity contribution in [1.82, 2.24) is 0 Å². The number of hydrogen-bond donors (Lipinski definition) is 2. The molecule has 2 N–H and O–H groups in total. The first-order valence-corrected chi connectivity index (χ1v) is 11.7. The highest BCUT2D eigenvalue weighted by Crippen LogP contribution is 2.67. The molecule has 0 heterocycles. The van der Waals surface area contributed by atoms with E-state index in [1.54, 1.807) is 0 Å². The highest BCUT2D eigenvalue weighted by Gasteiger charge is 2.59. The van der Waals surface area contributed by atoms with E-state index in [0.717, 1.165) is 48.9 Å². The predicted molar refractivity (Wildman–Crippen MR) is 107 cm³/mol. The molecule has 4 saturated carbocycles. The number of rotatable bonds is 4. The van der Waals surface area contributed by atoms with Gasteiger partial charge < -0.3 is 10.2 Å². The van der Waals surface area contributed by atoms with E-state index in [2.05, 4.69) is 13.8 Å². The zero-order valence-electron chi connectivity index (χ0n) is 17.4. The molecule has 0 aromatic carbocycles. The van der Waals surface area contributed by atoms with Crippen LogP contribution in [0.1, 0.15) is 97.8 Å². The number of aliphatic hydroxyl groups excluding tert-OH is 2. The van der Waals surface area contributed by atoms with Crippen LogP contribution in [-0.4, -0.2) is 22.4 Å². The second-order valence-corrected chi connectivity index (χ2v) is 11.2. The van der Waals surface area contributed by atoms with Crippen LogP contribution in [0.5, 0.6) is 0 Å². The summed E-state index contributed by atoms with van der Waals surface area (Å²) in [5, 5.41) is 19.8. The maximum atomic E-state index is 10.2. The van der Waals surface area contributed by atoms with Gasteiger partial charge in [-0.05, 0) is 118 Å². The van der Waals surface area contributed by atoms with Gasteiger partial charge in [-0.25, -0.2) is 0 Å².